The monoisotopic (exact) mass is 434 g/mol. The first-order chi connectivity index (χ1) is 15.4. The maximum Gasteiger partial charge on any atom is 0.222 e. The van der Waals surface area contributed by atoms with Gasteiger partial charge >= 0.3 is 0 Å². The molecule has 0 unspecified atom stereocenters. The van der Waals surface area contributed by atoms with Gasteiger partial charge in [-0.25, -0.2) is 4.57 Å². The van der Waals surface area contributed by atoms with Crippen LogP contribution in [0.25, 0.3) is 43.6 Å². The number of hydrogen-bond acceptors (Lipinski definition) is 1. The van der Waals surface area contributed by atoms with Crippen molar-refractivity contribution in [1.29, 1.82) is 0 Å². The lowest BCUT2D eigenvalue weighted by atomic mass is 9.90. The van der Waals surface area contributed by atoms with Crippen LogP contribution in [0.1, 0.15) is 30.5 Å². The maximum atomic E-state index is 2.43. The summed E-state index contributed by atoms with van der Waals surface area (Å²) in [4.78, 5) is 2.79. The van der Waals surface area contributed by atoms with Crippen molar-refractivity contribution in [3.05, 3.63) is 77.5 Å². The minimum atomic E-state index is 0.659. The van der Waals surface area contributed by atoms with Gasteiger partial charge in [0.15, 0.2) is 6.20 Å². The van der Waals surface area contributed by atoms with Crippen LogP contribution in [0.5, 0.6) is 0 Å². The van der Waals surface area contributed by atoms with Crippen molar-refractivity contribution in [3.63, 3.8) is 0 Å². The number of rotatable bonds is 2. The Labute approximate surface area is 194 Å². The Morgan fingerprint density at radius 2 is 1.59 bits per heavy atom. The van der Waals surface area contributed by atoms with Gasteiger partial charge in [0.1, 0.15) is 7.05 Å². The van der Waals surface area contributed by atoms with Crippen molar-refractivity contribution in [1.82, 2.24) is 0 Å². The smallest absolute Gasteiger partial charge is 0.200 e. The van der Waals surface area contributed by atoms with Gasteiger partial charge in [-0.1, -0.05) is 68.1 Å². The molecule has 2 heteroatoms. The van der Waals surface area contributed by atoms with E-state index in [0.717, 1.165) is 6.42 Å². The van der Waals surface area contributed by atoms with Crippen LogP contribution >= 0.6 is 11.8 Å². The second-order valence-electron chi connectivity index (χ2n) is 9.69. The van der Waals surface area contributed by atoms with E-state index >= 15 is 0 Å². The molecule has 2 heterocycles. The summed E-state index contributed by atoms with van der Waals surface area (Å²) < 4.78 is 2.33. The Bertz CT molecular complexity index is 1580. The van der Waals surface area contributed by atoms with Crippen LogP contribution in [0.15, 0.2) is 70.6 Å². The quantitative estimate of drug-likeness (QED) is 0.198. The van der Waals surface area contributed by atoms with Gasteiger partial charge < -0.3 is 0 Å². The number of nitrogens with zero attached hydrogens (tertiary/aromatic N) is 1. The van der Waals surface area contributed by atoms with Crippen LogP contribution in [0.3, 0.4) is 0 Å². The van der Waals surface area contributed by atoms with Crippen LogP contribution < -0.4 is 4.57 Å². The molecular formula is C30H28NS+. The summed E-state index contributed by atoms with van der Waals surface area (Å²) in [5.41, 5.74) is 6.97. The Hall–Kier alpha value is -2.84. The van der Waals surface area contributed by atoms with Crippen molar-refractivity contribution < 1.29 is 4.57 Å². The van der Waals surface area contributed by atoms with Crippen molar-refractivity contribution in [2.45, 2.75) is 43.9 Å². The second kappa shape index (κ2) is 7.08. The van der Waals surface area contributed by atoms with E-state index in [2.05, 4.69) is 100 Å². The van der Waals surface area contributed by atoms with E-state index in [0.29, 0.717) is 5.92 Å². The number of hydrogen-bond donors (Lipinski definition) is 0. The molecule has 0 atom stereocenters. The van der Waals surface area contributed by atoms with Crippen LogP contribution in [-0.2, 0) is 13.5 Å². The highest BCUT2D eigenvalue weighted by Gasteiger charge is 2.31. The molecule has 0 aliphatic carbocycles. The Kier molecular flexibility index (Phi) is 4.39. The van der Waals surface area contributed by atoms with Gasteiger partial charge in [-0.3, -0.25) is 0 Å². The molecule has 0 amide bonds. The number of pyridine rings is 1. The van der Waals surface area contributed by atoms with Crippen molar-refractivity contribution in [2.24, 2.45) is 13.0 Å². The molecule has 158 valence electrons. The molecular weight excluding hydrogens is 406 g/mol. The van der Waals surface area contributed by atoms with E-state index in [1.165, 1.54) is 70.1 Å². The molecule has 1 aromatic heterocycles. The van der Waals surface area contributed by atoms with E-state index in [4.69, 9.17) is 0 Å². The standard InChI is InChI=1S/C30H28NS/c1-17(2)14-20-10-11-21-16-26-28-24(25(21)15-20)12-13-31(5)29(28)27-18(3)22-8-6-7-9-23(22)19(4)30(27)32-26/h6-13,15-17H,14H2,1-5H3/q+1. The second-order valence-corrected chi connectivity index (χ2v) is 10.7. The van der Waals surface area contributed by atoms with Crippen molar-refractivity contribution >= 4 is 44.1 Å². The Balaban J connectivity index is 1.76. The fourth-order valence-corrected chi connectivity index (χ4v) is 6.88. The molecule has 5 aromatic rings. The normalized spacial score (nSPS) is 12.8. The third-order valence-corrected chi connectivity index (χ3v) is 8.29. The summed E-state index contributed by atoms with van der Waals surface area (Å²) in [6, 6.07) is 20.7. The lowest BCUT2D eigenvalue weighted by Crippen LogP contribution is -2.31. The van der Waals surface area contributed by atoms with Gasteiger partial charge in [0.25, 0.3) is 0 Å². The molecule has 1 aliphatic rings. The third kappa shape index (κ3) is 2.75. The summed E-state index contributed by atoms with van der Waals surface area (Å²) in [7, 11) is 2.20. The van der Waals surface area contributed by atoms with Gasteiger partial charge in [0, 0.05) is 21.2 Å². The largest absolute Gasteiger partial charge is 0.222 e. The van der Waals surface area contributed by atoms with E-state index < -0.39 is 0 Å². The minimum absolute atomic E-state index is 0.659. The van der Waals surface area contributed by atoms with E-state index in [1.807, 2.05) is 11.8 Å². The molecule has 0 bridgehead atoms. The predicted octanol–water partition coefficient (Wildman–Crippen LogP) is 7.92. The number of benzene rings is 4. The molecule has 0 saturated heterocycles. The molecule has 0 radical (unpaired) electrons. The highest BCUT2D eigenvalue weighted by Crippen LogP contribution is 2.52. The lowest BCUT2D eigenvalue weighted by molar-refractivity contribution is -0.659. The van der Waals surface area contributed by atoms with Gasteiger partial charge in [0.05, 0.1) is 10.9 Å². The molecule has 0 N–H and O–H groups in total. The van der Waals surface area contributed by atoms with Gasteiger partial charge in [-0.15, -0.1) is 0 Å². The molecule has 0 fully saturated rings. The molecule has 1 aliphatic heterocycles. The van der Waals surface area contributed by atoms with Crippen LogP contribution in [0.2, 0.25) is 0 Å². The zero-order chi connectivity index (χ0) is 22.1. The van der Waals surface area contributed by atoms with Gasteiger partial charge in [0.2, 0.25) is 5.69 Å². The molecule has 6 rings (SSSR count). The SMILES string of the molecule is Cc1c2c(c(C)c3ccccc13)-c1c3c(cc4ccc(CC(C)C)cc4c3cc[n+]1C)S2. The maximum absolute atomic E-state index is 2.43. The average Bonchev–Trinajstić information content (AvgIpc) is 2.78. The first-order valence-electron chi connectivity index (χ1n) is 11.5. The first-order valence-corrected chi connectivity index (χ1v) is 12.3. The van der Waals surface area contributed by atoms with Crippen LogP contribution in [0.4, 0.5) is 0 Å². The first kappa shape index (κ1) is 19.8. The Morgan fingerprint density at radius 3 is 2.34 bits per heavy atom. The van der Waals surface area contributed by atoms with Crippen LogP contribution in [-0.4, -0.2) is 0 Å². The highest BCUT2D eigenvalue weighted by atomic mass is 32.2. The number of aryl methyl sites for hydroxylation is 3. The topological polar surface area (TPSA) is 3.88 Å². The summed E-state index contributed by atoms with van der Waals surface area (Å²) in [6.45, 7) is 9.18. The van der Waals surface area contributed by atoms with Crippen molar-refractivity contribution in [2.75, 3.05) is 0 Å². The lowest BCUT2D eigenvalue weighted by Gasteiger charge is -2.24. The fraction of sp³-hybridized carbons (Fsp3) is 0.233. The highest BCUT2D eigenvalue weighted by molar-refractivity contribution is 8.00. The molecule has 32 heavy (non-hydrogen) atoms. The van der Waals surface area contributed by atoms with E-state index in [9.17, 15) is 0 Å². The minimum Gasteiger partial charge on any atom is -0.200 e. The number of fused-ring (bicyclic) bond motifs is 5. The summed E-state index contributed by atoms with van der Waals surface area (Å²) in [6.07, 6.45) is 3.37. The molecule has 0 saturated carbocycles. The van der Waals surface area contributed by atoms with Crippen LogP contribution in [0, 0.1) is 19.8 Å². The summed E-state index contributed by atoms with van der Waals surface area (Å²) >= 11 is 1.96. The zero-order valence-corrected chi connectivity index (χ0v) is 20.2. The van der Waals surface area contributed by atoms with Gasteiger partial charge in [-0.2, -0.15) is 0 Å². The van der Waals surface area contributed by atoms with Crippen molar-refractivity contribution in [3.8, 4) is 11.3 Å². The fourth-order valence-electron chi connectivity index (χ4n) is 5.55. The number of aromatic nitrogens is 1. The van der Waals surface area contributed by atoms with E-state index in [1.54, 1.807) is 0 Å². The zero-order valence-electron chi connectivity index (χ0n) is 19.4. The third-order valence-electron chi connectivity index (χ3n) is 7.04. The average molecular weight is 435 g/mol. The Morgan fingerprint density at radius 1 is 0.844 bits per heavy atom. The predicted molar refractivity (Wildman–Crippen MR) is 138 cm³/mol. The van der Waals surface area contributed by atoms with E-state index in [-0.39, 0.29) is 0 Å². The summed E-state index contributed by atoms with van der Waals surface area (Å²) in [5, 5.41) is 8.23. The molecule has 4 aromatic carbocycles. The van der Waals surface area contributed by atoms with Gasteiger partial charge in [-0.05, 0) is 70.5 Å². The summed E-state index contributed by atoms with van der Waals surface area (Å²) in [5.74, 6) is 0.659. The molecule has 0 spiro atoms. The molecule has 1 nitrogen and oxygen atoms in total.